The number of esters is 1. The molecule has 8 heteroatoms. The maximum absolute atomic E-state index is 12.0. The minimum absolute atomic E-state index is 0.0785. The van der Waals surface area contributed by atoms with Crippen molar-refractivity contribution in [1.82, 2.24) is 9.62 Å². The highest BCUT2D eigenvalue weighted by molar-refractivity contribution is 7.91. The van der Waals surface area contributed by atoms with Gasteiger partial charge in [0, 0.05) is 12.6 Å². The van der Waals surface area contributed by atoms with Crippen LogP contribution in [0.15, 0.2) is 16.3 Å². The first-order valence-corrected chi connectivity index (χ1v) is 7.92. The molecule has 0 aliphatic rings. The zero-order valence-corrected chi connectivity index (χ0v) is 13.0. The van der Waals surface area contributed by atoms with Gasteiger partial charge in [-0.2, -0.15) is 0 Å². The van der Waals surface area contributed by atoms with Crippen molar-refractivity contribution in [3.05, 3.63) is 17.0 Å². The van der Waals surface area contributed by atoms with Crippen LogP contribution in [-0.2, 0) is 14.8 Å². The number of likely N-dealkylation sites (N-methyl/N-ethyl adjacent to an activating group) is 1. The Kier molecular flexibility index (Phi) is 5.48. The van der Waals surface area contributed by atoms with Crippen molar-refractivity contribution in [3.8, 4) is 0 Å². The third-order valence-electron chi connectivity index (χ3n) is 2.68. The molecule has 19 heavy (non-hydrogen) atoms. The SMILES string of the molecule is COC(=O)c1ccc(S(=O)(=O)NCC(C)N(C)C)s1. The fourth-order valence-electron chi connectivity index (χ4n) is 1.16. The topological polar surface area (TPSA) is 75.7 Å². The summed E-state index contributed by atoms with van der Waals surface area (Å²) in [6.45, 7) is 2.22. The van der Waals surface area contributed by atoms with Crippen LogP contribution in [0.25, 0.3) is 0 Å². The van der Waals surface area contributed by atoms with Crippen molar-refractivity contribution in [3.63, 3.8) is 0 Å². The van der Waals surface area contributed by atoms with Crippen molar-refractivity contribution in [2.24, 2.45) is 0 Å². The summed E-state index contributed by atoms with van der Waals surface area (Å²) in [5.74, 6) is -0.534. The van der Waals surface area contributed by atoms with Crippen LogP contribution in [0.1, 0.15) is 16.6 Å². The summed E-state index contributed by atoms with van der Waals surface area (Å²) in [7, 11) is 1.43. The number of methoxy groups -OCH3 is 1. The number of thiophene rings is 1. The summed E-state index contributed by atoms with van der Waals surface area (Å²) >= 11 is 0.894. The smallest absolute Gasteiger partial charge is 0.348 e. The maximum Gasteiger partial charge on any atom is 0.348 e. The molecule has 0 fully saturated rings. The Morgan fingerprint density at radius 1 is 1.47 bits per heavy atom. The molecule has 1 aromatic rings. The lowest BCUT2D eigenvalue weighted by atomic mass is 10.3. The number of sulfonamides is 1. The lowest BCUT2D eigenvalue weighted by Crippen LogP contribution is -2.37. The summed E-state index contributed by atoms with van der Waals surface area (Å²) in [6.07, 6.45) is 0. The zero-order valence-electron chi connectivity index (χ0n) is 11.3. The number of carbonyl (C=O) groups is 1. The van der Waals surface area contributed by atoms with Crippen LogP contribution in [0.2, 0.25) is 0 Å². The Morgan fingerprint density at radius 3 is 2.63 bits per heavy atom. The van der Waals surface area contributed by atoms with Crippen LogP contribution in [-0.4, -0.2) is 53.1 Å². The molecule has 0 radical (unpaired) electrons. The summed E-state index contributed by atoms with van der Waals surface area (Å²) < 4.78 is 31.2. The molecule has 0 bridgehead atoms. The molecular weight excluding hydrogens is 288 g/mol. The molecule has 1 unspecified atom stereocenters. The van der Waals surface area contributed by atoms with Gasteiger partial charge in [0.25, 0.3) is 0 Å². The highest BCUT2D eigenvalue weighted by atomic mass is 32.2. The van der Waals surface area contributed by atoms with Gasteiger partial charge in [-0.1, -0.05) is 0 Å². The summed E-state index contributed by atoms with van der Waals surface area (Å²) in [5, 5.41) is 0. The molecule has 1 heterocycles. The molecule has 1 atom stereocenters. The van der Waals surface area contributed by atoms with E-state index < -0.39 is 16.0 Å². The minimum Gasteiger partial charge on any atom is -0.465 e. The van der Waals surface area contributed by atoms with Gasteiger partial charge in [-0.25, -0.2) is 17.9 Å². The van der Waals surface area contributed by atoms with E-state index in [0.717, 1.165) is 11.3 Å². The number of ether oxygens (including phenoxy) is 1. The van der Waals surface area contributed by atoms with Crippen LogP contribution in [0.3, 0.4) is 0 Å². The Labute approximate surface area is 117 Å². The van der Waals surface area contributed by atoms with Gasteiger partial charge in [0.15, 0.2) is 0 Å². The predicted molar refractivity (Wildman–Crippen MR) is 74.0 cm³/mol. The number of rotatable bonds is 6. The Bertz CT molecular complexity index is 537. The van der Waals surface area contributed by atoms with Crippen molar-refractivity contribution < 1.29 is 17.9 Å². The summed E-state index contributed by atoms with van der Waals surface area (Å²) in [5.41, 5.74) is 0. The average Bonchev–Trinajstić information content (AvgIpc) is 2.85. The van der Waals surface area contributed by atoms with Gasteiger partial charge in [0.2, 0.25) is 10.0 Å². The average molecular weight is 306 g/mol. The molecule has 0 spiro atoms. The van der Waals surface area contributed by atoms with E-state index in [1.165, 1.54) is 19.2 Å². The molecule has 0 amide bonds. The first-order valence-electron chi connectivity index (χ1n) is 5.62. The van der Waals surface area contributed by atoms with Gasteiger partial charge in [0.1, 0.15) is 9.09 Å². The van der Waals surface area contributed by atoms with Crippen LogP contribution in [0.5, 0.6) is 0 Å². The number of nitrogens with one attached hydrogen (secondary N) is 1. The first kappa shape index (κ1) is 16.1. The molecule has 108 valence electrons. The molecule has 1 N–H and O–H groups in total. The zero-order chi connectivity index (χ0) is 14.6. The second kappa shape index (κ2) is 6.47. The largest absolute Gasteiger partial charge is 0.465 e. The molecule has 0 aliphatic carbocycles. The second-order valence-corrected chi connectivity index (χ2v) is 7.35. The molecule has 6 nitrogen and oxygen atoms in total. The Hall–Kier alpha value is -0.960. The lowest BCUT2D eigenvalue weighted by molar-refractivity contribution is 0.0606. The maximum atomic E-state index is 12.0. The molecule has 0 saturated heterocycles. The van der Waals surface area contributed by atoms with Crippen molar-refractivity contribution >= 4 is 27.3 Å². The van der Waals surface area contributed by atoms with Gasteiger partial charge in [-0.3, -0.25) is 0 Å². The van der Waals surface area contributed by atoms with Gasteiger partial charge < -0.3 is 9.64 Å². The van der Waals surface area contributed by atoms with E-state index in [9.17, 15) is 13.2 Å². The quantitative estimate of drug-likeness (QED) is 0.785. The fourth-order valence-corrected chi connectivity index (χ4v) is 3.55. The molecular formula is C11H18N2O4S2. The molecule has 1 rings (SSSR count). The van der Waals surface area contributed by atoms with Crippen LogP contribution in [0, 0.1) is 0 Å². The molecule has 0 aromatic carbocycles. The van der Waals surface area contributed by atoms with E-state index >= 15 is 0 Å². The second-order valence-electron chi connectivity index (χ2n) is 4.27. The van der Waals surface area contributed by atoms with Crippen molar-refractivity contribution in [1.29, 1.82) is 0 Å². The normalized spacial score (nSPS) is 13.5. The third-order valence-corrected chi connectivity index (χ3v) is 5.66. The number of nitrogens with zero attached hydrogens (tertiary/aromatic N) is 1. The van der Waals surface area contributed by atoms with Gasteiger partial charge in [-0.05, 0) is 33.2 Å². The predicted octanol–water partition coefficient (Wildman–Crippen LogP) is 0.763. The van der Waals surface area contributed by atoms with E-state index in [0.29, 0.717) is 6.54 Å². The Balaban J connectivity index is 2.78. The molecule has 0 saturated carbocycles. The van der Waals surface area contributed by atoms with Crippen molar-refractivity contribution in [2.75, 3.05) is 27.7 Å². The van der Waals surface area contributed by atoms with Gasteiger partial charge >= 0.3 is 5.97 Å². The van der Waals surface area contributed by atoms with Crippen LogP contribution >= 0.6 is 11.3 Å². The van der Waals surface area contributed by atoms with E-state index in [-0.39, 0.29) is 15.1 Å². The molecule has 1 aromatic heterocycles. The minimum atomic E-state index is -3.58. The van der Waals surface area contributed by atoms with Crippen molar-refractivity contribution in [2.45, 2.75) is 17.2 Å². The van der Waals surface area contributed by atoms with Crippen LogP contribution < -0.4 is 4.72 Å². The monoisotopic (exact) mass is 306 g/mol. The van der Waals surface area contributed by atoms with E-state index in [1.54, 1.807) is 0 Å². The third kappa shape index (κ3) is 4.27. The summed E-state index contributed by atoms with van der Waals surface area (Å²) in [6, 6.07) is 2.93. The van der Waals surface area contributed by atoms with E-state index in [1.807, 2.05) is 25.9 Å². The number of hydrogen-bond donors (Lipinski definition) is 1. The number of carbonyl (C=O) groups excluding carboxylic acids is 1. The fraction of sp³-hybridized carbons (Fsp3) is 0.545. The van der Waals surface area contributed by atoms with E-state index in [4.69, 9.17) is 0 Å². The standard InChI is InChI=1S/C11H18N2O4S2/c1-8(13(2)3)7-12-19(15,16)10-6-5-9(18-10)11(14)17-4/h5-6,8,12H,7H2,1-4H3. The van der Waals surface area contributed by atoms with E-state index in [2.05, 4.69) is 9.46 Å². The molecule has 0 aliphatic heterocycles. The Morgan fingerprint density at radius 2 is 2.11 bits per heavy atom. The highest BCUT2D eigenvalue weighted by Crippen LogP contribution is 2.22. The van der Waals surface area contributed by atoms with Gasteiger partial charge in [-0.15, -0.1) is 11.3 Å². The lowest BCUT2D eigenvalue weighted by Gasteiger charge is -2.19. The highest BCUT2D eigenvalue weighted by Gasteiger charge is 2.20. The van der Waals surface area contributed by atoms with Crippen LogP contribution in [0.4, 0.5) is 0 Å². The van der Waals surface area contributed by atoms with Gasteiger partial charge in [0.05, 0.1) is 7.11 Å². The number of hydrogen-bond acceptors (Lipinski definition) is 6. The first-order chi connectivity index (χ1) is 8.77. The summed E-state index contributed by atoms with van der Waals surface area (Å²) in [4.78, 5) is 13.5.